The lowest BCUT2D eigenvalue weighted by molar-refractivity contribution is 0.296. The number of rotatable bonds is 5. The minimum atomic E-state index is -3.77. The van der Waals surface area contributed by atoms with E-state index >= 15 is 0 Å². The van der Waals surface area contributed by atoms with E-state index in [2.05, 4.69) is 4.72 Å². The van der Waals surface area contributed by atoms with Crippen molar-refractivity contribution in [3.05, 3.63) is 24.0 Å². The van der Waals surface area contributed by atoms with Gasteiger partial charge in [-0.15, -0.1) is 12.4 Å². The first-order chi connectivity index (χ1) is 9.86. The van der Waals surface area contributed by atoms with Crippen LogP contribution in [0.15, 0.2) is 23.1 Å². The van der Waals surface area contributed by atoms with Gasteiger partial charge < -0.3 is 10.5 Å². The van der Waals surface area contributed by atoms with Crippen LogP contribution in [0.3, 0.4) is 0 Å². The smallest absolute Gasteiger partial charge is 0.240 e. The van der Waals surface area contributed by atoms with Crippen molar-refractivity contribution in [2.24, 2.45) is 5.73 Å². The van der Waals surface area contributed by atoms with Crippen LogP contribution in [-0.2, 0) is 10.0 Å². The molecule has 0 aromatic heterocycles. The fourth-order valence-corrected chi connectivity index (χ4v) is 3.72. The molecule has 0 bridgehead atoms. The van der Waals surface area contributed by atoms with Crippen molar-refractivity contribution in [1.29, 1.82) is 0 Å². The van der Waals surface area contributed by atoms with Crippen LogP contribution in [0.2, 0.25) is 0 Å². The lowest BCUT2D eigenvalue weighted by Crippen LogP contribution is -2.51. The third kappa shape index (κ3) is 4.55. The Morgan fingerprint density at radius 3 is 2.50 bits per heavy atom. The van der Waals surface area contributed by atoms with Crippen molar-refractivity contribution in [3.8, 4) is 5.75 Å². The number of sulfonamides is 1. The molecule has 1 aliphatic rings. The van der Waals surface area contributed by atoms with E-state index in [0.29, 0.717) is 0 Å². The molecule has 1 aliphatic carbocycles. The average molecular weight is 353 g/mol. The molecule has 0 heterocycles. The fraction of sp³-hybridized carbons (Fsp3) is 0.571. The fourth-order valence-electron chi connectivity index (χ4n) is 2.57. The third-order valence-corrected chi connectivity index (χ3v) is 5.30. The average Bonchev–Trinajstić information content (AvgIpc) is 2.46. The predicted octanol–water partition coefficient (Wildman–Crippen LogP) is 2.20. The zero-order valence-corrected chi connectivity index (χ0v) is 14.1. The highest BCUT2D eigenvalue weighted by atomic mass is 35.5. The Bertz CT molecular complexity index is 604. The van der Waals surface area contributed by atoms with Crippen LogP contribution in [-0.4, -0.2) is 27.6 Å². The minimum absolute atomic E-state index is 0. The van der Waals surface area contributed by atoms with Gasteiger partial charge in [-0.25, -0.2) is 17.5 Å². The summed E-state index contributed by atoms with van der Waals surface area (Å²) in [6.07, 6.45) is 4.75. The van der Waals surface area contributed by atoms with Gasteiger partial charge in [0.1, 0.15) is 0 Å². The Labute approximate surface area is 136 Å². The van der Waals surface area contributed by atoms with Gasteiger partial charge >= 0.3 is 0 Å². The molecular weight excluding hydrogens is 331 g/mol. The highest BCUT2D eigenvalue weighted by Gasteiger charge is 2.29. The predicted molar refractivity (Wildman–Crippen MR) is 85.4 cm³/mol. The van der Waals surface area contributed by atoms with Gasteiger partial charge in [0.15, 0.2) is 11.6 Å². The number of hydrogen-bond acceptors (Lipinski definition) is 4. The van der Waals surface area contributed by atoms with E-state index in [1.807, 2.05) is 0 Å². The molecule has 0 radical (unpaired) electrons. The number of hydrogen-bond donors (Lipinski definition) is 2. The third-order valence-electron chi connectivity index (χ3n) is 3.90. The van der Waals surface area contributed by atoms with E-state index < -0.39 is 21.4 Å². The summed E-state index contributed by atoms with van der Waals surface area (Å²) < 4.78 is 45.3. The van der Waals surface area contributed by atoms with Gasteiger partial charge in [-0.2, -0.15) is 0 Å². The van der Waals surface area contributed by atoms with E-state index in [9.17, 15) is 12.8 Å². The van der Waals surface area contributed by atoms with Crippen molar-refractivity contribution in [2.75, 3.05) is 13.7 Å². The van der Waals surface area contributed by atoms with Gasteiger partial charge in [0.25, 0.3) is 0 Å². The number of nitrogens with one attached hydrogen (secondary N) is 1. The normalized spacial score (nSPS) is 17.6. The molecule has 0 atom stereocenters. The Kier molecular flexibility index (Phi) is 6.61. The lowest BCUT2D eigenvalue weighted by atomic mass is 9.83. The van der Waals surface area contributed by atoms with Crippen LogP contribution in [0.4, 0.5) is 4.39 Å². The van der Waals surface area contributed by atoms with Crippen molar-refractivity contribution >= 4 is 22.4 Å². The lowest BCUT2D eigenvalue weighted by Gasteiger charge is -2.33. The summed E-state index contributed by atoms with van der Waals surface area (Å²) in [6, 6.07) is 3.56. The Morgan fingerprint density at radius 1 is 1.32 bits per heavy atom. The SMILES string of the molecule is COc1ccc(S(=O)(=O)NCC2(N)CCCCC2)cc1F.Cl. The number of nitrogens with two attached hydrogens (primary N) is 1. The molecule has 22 heavy (non-hydrogen) atoms. The highest BCUT2D eigenvalue weighted by Crippen LogP contribution is 2.26. The van der Waals surface area contributed by atoms with Gasteiger partial charge in [-0.05, 0) is 31.0 Å². The second kappa shape index (κ2) is 7.59. The first kappa shape index (κ1) is 19.2. The van der Waals surface area contributed by atoms with Crippen molar-refractivity contribution < 1.29 is 17.5 Å². The van der Waals surface area contributed by atoms with Gasteiger partial charge in [0, 0.05) is 12.1 Å². The number of methoxy groups -OCH3 is 1. The van der Waals surface area contributed by atoms with Crippen LogP contribution in [0.1, 0.15) is 32.1 Å². The monoisotopic (exact) mass is 352 g/mol. The minimum Gasteiger partial charge on any atom is -0.494 e. The van der Waals surface area contributed by atoms with Crippen molar-refractivity contribution in [1.82, 2.24) is 4.72 Å². The molecular formula is C14H22ClFN2O3S. The molecule has 1 fully saturated rings. The maximum absolute atomic E-state index is 13.6. The second-order valence-electron chi connectivity index (χ2n) is 5.54. The van der Waals surface area contributed by atoms with E-state index in [-0.39, 0.29) is 29.6 Å². The number of halogens is 2. The van der Waals surface area contributed by atoms with Crippen LogP contribution in [0.5, 0.6) is 5.75 Å². The first-order valence-electron chi connectivity index (χ1n) is 6.98. The van der Waals surface area contributed by atoms with Crippen LogP contribution < -0.4 is 15.2 Å². The second-order valence-corrected chi connectivity index (χ2v) is 7.31. The molecule has 0 aliphatic heterocycles. The van der Waals surface area contributed by atoms with E-state index in [4.69, 9.17) is 10.5 Å². The summed E-state index contributed by atoms with van der Waals surface area (Å²) in [7, 11) is -2.45. The number of ether oxygens (including phenoxy) is 1. The summed E-state index contributed by atoms with van der Waals surface area (Å²) in [5.74, 6) is -0.697. The summed E-state index contributed by atoms with van der Waals surface area (Å²) in [5.41, 5.74) is 5.70. The van der Waals surface area contributed by atoms with Crippen molar-refractivity contribution in [3.63, 3.8) is 0 Å². The molecule has 1 aromatic carbocycles. The van der Waals surface area contributed by atoms with Gasteiger partial charge in [0.2, 0.25) is 10.0 Å². The maximum atomic E-state index is 13.6. The zero-order valence-electron chi connectivity index (χ0n) is 12.5. The molecule has 3 N–H and O–H groups in total. The largest absolute Gasteiger partial charge is 0.494 e. The Morgan fingerprint density at radius 2 is 1.95 bits per heavy atom. The molecule has 8 heteroatoms. The Balaban J connectivity index is 0.00000242. The van der Waals surface area contributed by atoms with Gasteiger partial charge in [0.05, 0.1) is 12.0 Å². The molecule has 0 unspecified atom stereocenters. The van der Waals surface area contributed by atoms with Crippen LogP contribution >= 0.6 is 12.4 Å². The van der Waals surface area contributed by atoms with E-state index in [1.165, 1.54) is 19.2 Å². The molecule has 0 saturated heterocycles. The summed E-state index contributed by atoms with van der Waals surface area (Å²) in [5, 5.41) is 0. The van der Waals surface area contributed by atoms with Gasteiger partial charge in [-0.3, -0.25) is 0 Å². The molecule has 0 amide bonds. The zero-order chi connectivity index (χ0) is 15.5. The molecule has 126 valence electrons. The topological polar surface area (TPSA) is 81.4 Å². The van der Waals surface area contributed by atoms with Gasteiger partial charge in [-0.1, -0.05) is 19.3 Å². The van der Waals surface area contributed by atoms with Crippen LogP contribution in [0, 0.1) is 5.82 Å². The van der Waals surface area contributed by atoms with Crippen molar-refractivity contribution in [2.45, 2.75) is 42.5 Å². The summed E-state index contributed by atoms with van der Waals surface area (Å²) in [6.45, 7) is 0.170. The standard InChI is InChI=1S/C14H21FN2O3S.ClH/c1-20-13-6-5-11(9-12(13)15)21(18,19)17-10-14(16)7-3-2-4-8-14;/h5-6,9,17H,2-4,7-8,10,16H2,1H3;1H. The molecule has 5 nitrogen and oxygen atoms in total. The summed E-state index contributed by atoms with van der Waals surface area (Å²) >= 11 is 0. The summed E-state index contributed by atoms with van der Waals surface area (Å²) in [4.78, 5) is -0.125. The van der Waals surface area contributed by atoms with E-state index in [0.717, 1.165) is 38.2 Å². The maximum Gasteiger partial charge on any atom is 0.240 e. The quantitative estimate of drug-likeness (QED) is 0.851. The molecule has 1 aromatic rings. The highest BCUT2D eigenvalue weighted by molar-refractivity contribution is 7.89. The first-order valence-corrected chi connectivity index (χ1v) is 8.47. The molecule has 1 saturated carbocycles. The Hall–Kier alpha value is -0.890. The molecule has 0 spiro atoms. The molecule has 2 rings (SSSR count). The number of benzene rings is 1. The van der Waals surface area contributed by atoms with E-state index in [1.54, 1.807) is 0 Å². The van der Waals surface area contributed by atoms with Crippen LogP contribution in [0.25, 0.3) is 0 Å².